The number of allylic oxidation sites excluding steroid dienone is 1. The Labute approximate surface area is 83.7 Å². The summed E-state index contributed by atoms with van der Waals surface area (Å²) in [6.07, 6.45) is 10.4. The van der Waals surface area contributed by atoms with Crippen molar-refractivity contribution in [1.82, 2.24) is 10.8 Å². The molecule has 0 fully saturated rings. The van der Waals surface area contributed by atoms with Crippen molar-refractivity contribution in [2.45, 2.75) is 6.92 Å². The molecule has 0 atom stereocenters. The summed E-state index contributed by atoms with van der Waals surface area (Å²) < 4.78 is 0. The molecule has 0 saturated heterocycles. The van der Waals surface area contributed by atoms with E-state index < -0.39 is 0 Å². The average Bonchev–Trinajstić information content (AvgIpc) is 2.25. The fourth-order valence-corrected chi connectivity index (χ4v) is 0.802. The van der Waals surface area contributed by atoms with Gasteiger partial charge in [-0.15, -0.1) is 6.42 Å². The minimum atomic E-state index is 0.442. The maximum absolute atomic E-state index is 5.16. The van der Waals surface area contributed by atoms with Crippen molar-refractivity contribution in [1.29, 1.82) is 0 Å². The molecule has 0 unspecified atom stereocenters. The van der Waals surface area contributed by atoms with E-state index in [1.54, 1.807) is 12.5 Å². The van der Waals surface area contributed by atoms with Gasteiger partial charge in [0.1, 0.15) is 0 Å². The molecule has 0 aromatic heterocycles. The number of hydroxylamine groups is 1. The van der Waals surface area contributed by atoms with Crippen molar-refractivity contribution in [3.63, 3.8) is 0 Å². The van der Waals surface area contributed by atoms with Gasteiger partial charge in [0.25, 0.3) is 0 Å². The van der Waals surface area contributed by atoms with E-state index in [-0.39, 0.29) is 0 Å². The molecule has 1 heterocycles. The molecule has 0 amide bonds. The Morgan fingerprint density at radius 3 is 3.43 bits per heavy atom. The molecule has 0 aromatic carbocycles. The van der Waals surface area contributed by atoms with Crippen LogP contribution < -0.4 is 10.8 Å². The molecule has 1 aliphatic heterocycles. The van der Waals surface area contributed by atoms with Gasteiger partial charge < -0.3 is 5.32 Å². The van der Waals surface area contributed by atoms with Crippen molar-refractivity contribution in [2.75, 3.05) is 13.2 Å². The first-order valence-corrected chi connectivity index (χ1v) is 4.27. The van der Waals surface area contributed by atoms with Crippen LogP contribution in [-0.2, 0) is 4.84 Å². The number of nitrogens with one attached hydrogen (secondary N) is 2. The predicted molar refractivity (Wildman–Crippen MR) is 56.3 cm³/mol. The van der Waals surface area contributed by atoms with E-state index in [1.807, 2.05) is 13.0 Å². The molecule has 14 heavy (non-hydrogen) atoms. The summed E-state index contributed by atoms with van der Waals surface area (Å²) >= 11 is 0. The molecule has 0 spiro atoms. The van der Waals surface area contributed by atoms with Crippen LogP contribution in [0.2, 0.25) is 0 Å². The molecule has 2 N–H and O–H groups in total. The predicted octanol–water partition coefficient (Wildman–Crippen LogP) is 0.560. The number of hydrogen-bond donors (Lipinski definition) is 2. The van der Waals surface area contributed by atoms with Crippen LogP contribution in [0.25, 0.3) is 0 Å². The van der Waals surface area contributed by atoms with Gasteiger partial charge in [-0.25, -0.2) is 0 Å². The van der Waals surface area contributed by atoms with Gasteiger partial charge in [-0.05, 0) is 18.6 Å². The standard InChI is InChI=1S/C10H13N3O/c1-3-9(2)4-5-14-13-10-6-11-8-12-7-10/h1,4,6,8,13H,5,7H2,2H3,(H,11,12). The van der Waals surface area contributed by atoms with E-state index in [0.717, 1.165) is 11.3 Å². The van der Waals surface area contributed by atoms with Gasteiger partial charge >= 0.3 is 0 Å². The lowest BCUT2D eigenvalue weighted by molar-refractivity contribution is 0.0846. The van der Waals surface area contributed by atoms with E-state index >= 15 is 0 Å². The zero-order chi connectivity index (χ0) is 10.2. The average molecular weight is 191 g/mol. The first kappa shape index (κ1) is 10.4. The number of terminal acetylenes is 1. The quantitative estimate of drug-likeness (QED) is 0.388. The van der Waals surface area contributed by atoms with Crippen LogP contribution >= 0.6 is 0 Å². The van der Waals surface area contributed by atoms with E-state index in [9.17, 15) is 0 Å². The summed E-state index contributed by atoms with van der Waals surface area (Å²) in [6.45, 7) is 2.90. The van der Waals surface area contributed by atoms with E-state index in [4.69, 9.17) is 11.3 Å². The summed E-state index contributed by atoms with van der Waals surface area (Å²) in [4.78, 5) is 9.14. The highest BCUT2D eigenvalue weighted by atomic mass is 16.6. The van der Waals surface area contributed by atoms with Crippen molar-refractivity contribution < 1.29 is 4.84 Å². The van der Waals surface area contributed by atoms with Crippen LogP contribution in [0, 0.1) is 12.3 Å². The summed E-state index contributed by atoms with van der Waals surface area (Å²) in [5.41, 5.74) is 4.52. The molecule has 1 rings (SSSR count). The van der Waals surface area contributed by atoms with Crippen LogP contribution in [0.1, 0.15) is 6.92 Å². The van der Waals surface area contributed by atoms with Crippen LogP contribution in [0.3, 0.4) is 0 Å². The summed E-state index contributed by atoms with van der Waals surface area (Å²) in [6, 6.07) is 0. The molecular formula is C10H13N3O. The van der Waals surface area contributed by atoms with E-state index in [0.29, 0.717) is 13.2 Å². The van der Waals surface area contributed by atoms with Gasteiger partial charge in [-0.2, -0.15) is 0 Å². The van der Waals surface area contributed by atoms with Gasteiger partial charge in [0.05, 0.1) is 25.2 Å². The Morgan fingerprint density at radius 1 is 1.93 bits per heavy atom. The Kier molecular flexibility index (Phi) is 4.32. The molecule has 0 aromatic rings. The van der Waals surface area contributed by atoms with Crippen molar-refractivity contribution >= 4 is 6.34 Å². The first-order valence-electron chi connectivity index (χ1n) is 4.27. The molecule has 0 saturated carbocycles. The molecule has 4 nitrogen and oxygen atoms in total. The van der Waals surface area contributed by atoms with Crippen LogP contribution in [-0.4, -0.2) is 19.5 Å². The Morgan fingerprint density at radius 2 is 2.79 bits per heavy atom. The van der Waals surface area contributed by atoms with Crippen LogP contribution in [0.5, 0.6) is 0 Å². The SMILES string of the molecule is C#CC(C)=CCONC1=CNC=NC1. The van der Waals surface area contributed by atoms with Gasteiger partial charge in [-0.3, -0.25) is 15.3 Å². The fraction of sp³-hybridized carbons (Fsp3) is 0.300. The second-order valence-electron chi connectivity index (χ2n) is 2.75. The maximum atomic E-state index is 5.16. The van der Waals surface area contributed by atoms with Crippen LogP contribution in [0.4, 0.5) is 0 Å². The molecule has 1 aliphatic rings. The third-order valence-corrected chi connectivity index (χ3v) is 1.59. The normalized spacial score (nSPS) is 15.4. The Bertz CT molecular complexity index is 310. The van der Waals surface area contributed by atoms with Crippen molar-refractivity contribution in [3.8, 4) is 12.3 Å². The minimum absolute atomic E-state index is 0.442. The number of hydrogen-bond acceptors (Lipinski definition) is 4. The highest BCUT2D eigenvalue weighted by molar-refractivity contribution is 5.57. The van der Waals surface area contributed by atoms with E-state index in [2.05, 4.69) is 21.7 Å². The van der Waals surface area contributed by atoms with Gasteiger partial charge in [0, 0.05) is 6.20 Å². The fourth-order valence-electron chi connectivity index (χ4n) is 0.802. The van der Waals surface area contributed by atoms with Gasteiger partial charge in [-0.1, -0.05) is 5.92 Å². The smallest absolute Gasteiger partial charge is 0.0939 e. The first-order chi connectivity index (χ1) is 6.83. The molecule has 0 aliphatic carbocycles. The molecular weight excluding hydrogens is 178 g/mol. The Hall–Kier alpha value is -1.73. The molecule has 0 bridgehead atoms. The van der Waals surface area contributed by atoms with Gasteiger partial charge in [0.2, 0.25) is 0 Å². The van der Waals surface area contributed by atoms with Gasteiger partial charge in [0.15, 0.2) is 0 Å². The monoisotopic (exact) mass is 191 g/mol. The van der Waals surface area contributed by atoms with Crippen molar-refractivity contribution in [2.24, 2.45) is 4.99 Å². The second-order valence-corrected chi connectivity index (χ2v) is 2.75. The topological polar surface area (TPSA) is 45.6 Å². The Balaban J connectivity index is 2.16. The number of rotatable bonds is 4. The lowest BCUT2D eigenvalue weighted by Crippen LogP contribution is -2.22. The highest BCUT2D eigenvalue weighted by Gasteiger charge is 1.96. The number of nitrogens with zero attached hydrogens (tertiary/aromatic N) is 1. The summed E-state index contributed by atoms with van der Waals surface area (Å²) in [5, 5.41) is 2.85. The molecule has 74 valence electrons. The molecule has 0 radical (unpaired) electrons. The second kappa shape index (κ2) is 5.84. The zero-order valence-corrected chi connectivity index (χ0v) is 8.08. The maximum Gasteiger partial charge on any atom is 0.0939 e. The van der Waals surface area contributed by atoms with E-state index in [1.165, 1.54) is 0 Å². The summed E-state index contributed by atoms with van der Waals surface area (Å²) in [7, 11) is 0. The third kappa shape index (κ3) is 3.78. The third-order valence-electron chi connectivity index (χ3n) is 1.59. The minimum Gasteiger partial charge on any atom is -0.351 e. The number of aliphatic imine (C=N–C) groups is 1. The lowest BCUT2D eigenvalue weighted by atomic mass is 10.3. The summed E-state index contributed by atoms with van der Waals surface area (Å²) in [5.74, 6) is 2.51. The highest BCUT2D eigenvalue weighted by Crippen LogP contribution is 1.93. The van der Waals surface area contributed by atoms with Crippen molar-refractivity contribution in [3.05, 3.63) is 23.5 Å². The molecule has 4 heteroatoms. The largest absolute Gasteiger partial charge is 0.351 e. The van der Waals surface area contributed by atoms with Crippen LogP contribution in [0.15, 0.2) is 28.5 Å². The zero-order valence-electron chi connectivity index (χ0n) is 8.08. The lowest BCUT2D eigenvalue weighted by Gasteiger charge is -2.10.